The summed E-state index contributed by atoms with van der Waals surface area (Å²) >= 11 is 0. The first-order valence-corrected chi connectivity index (χ1v) is 8.63. The maximum Gasteiger partial charge on any atom is 0.319 e. The zero-order chi connectivity index (χ0) is 18.2. The van der Waals surface area contributed by atoms with Crippen molar-refractivity contribution >= 4 is 17.6 Å². The zero-order valence-electron chi connectivity index (χ0n) is 14.5. The summed E-state index contributed by atoms with van der Waals surface area (Å²) < 4.78 is 0. The van der Waals surface area contributed by atoms with Crippen molar-refractivity contribution in [1.82, 2.24) is 10.2 Å². The molecule has 1 heterocycles. The summed E-state index contributed by atoms with van der Waals surface area (Å²) in [7, 11) is 0. The normalized spacial score (nSPS) is 17.5. The molecule has 1 saturated heterocycles. The van der Waals surface area contributed by atoms with Crippen LogP contribution in [0, 0.1) is 17.2 Å². The Hall–Kier alpha value is -2.59. The number of rotatable bonds is 6. The molecule has 2 rings (SSSR count). The van der Waals surface area contributed by atoms with E-state index in [1.807, 2.05) is 6.92 Å². The molecule has 1 aromatic rings. The van der Waals surface area contributed by atoms with Crippen LogP contribution in [0.2, 0.25) is 0 Å². The van der Waals surface area contributed by atoms with Gasteiger partial charge in [-0.25, -0.2) is 4.79 Å². The van der Waals surface area contributed by atoms with E-state index >= 15 is 0 Å². The van der Waals surface area contributed by atoms with Crippen LogP contribution in [0.5, 0.6) is 0 Å². The molecule has 0 radical (unpaired) electrons. The van der Waals surface area contributed by atoms with E-state index in [0.717, 1.165) is 31.4 Å². The summed E-state index contributed by atoms with van der Waals surface area (Å²) in [5.41, 5.74) is 7.59. The van der Waals surface area contributed by atoms with Gasteiger partial charge in [0.05, 0.1) is 17.6 Å². The minimum atomic E-state index is -0.275. The molecule has 0 bridgehead atoms. The number of primary amides is 1. The molecular weight excluding hydrogens is 318 g/mol. The third-order valence-corrected chi connectivity index (χ3v) is 4.48. The number of piperidine rings is 1. The average Bonchev–Trinajstić information content (AvgIpc) is 2.62. The molecule has 1 aliphatic rings. The molecule has 1 atom stereocenters. The average molecular weight is 343 g/mol. The Bertz CT molecular complexity index is 668. The fourth-order valence-electron chi connectivity index (χ4n) is 3.06. The summed E-state index contributed by atoms with van der Waals surface area (Å²) in [5, 5.41) is 14.6. The van der Waals surface area contributed by atoms with Crippen LogP contribution in [-0.4, -0.2) is 43.0 Å². The molecule has 4 N–H and O–H groups in total. The maximum absolute atomic E-state index is 12.1. The van der Waals surface area contributed by atoms with E-state index in [1.54, 1.807) is 18.2 Å². The Morgan fingerprint density at radius 3 is 2.92 bits per heavy atom. The molecule has 7 nitrogen and oxygen atoms in total. The number of nitrogens with one attached hydrogen (secondary N) is 2. The highest BCUT2D eigenvalue weighted by Crippen LogP contribution is 2.18. The van der Waals surface area contributed by atoms with Crippen molar-refractivity contribution in [2.24, 2.45) is 11.7 Å². The second-order valence-corrected chi connectivity index (χ2v) is 6.26. The van der Waals surface area contributed by atoms with Gasteiger partial charge in [0.1, 0.15) is 0 Å². The fourth-order valence-corrected chi connectivity index (χ4v) is 3.06. The second-order valence-electron chi connectivity index (χ2n) is 6.26. The summed E-state index contributed by atoms with van der Waals surface area (Å²) in [6.07, 6.45) is 2.52. The van der Waals surface area contributed by atoms with Gasteiger partial charge in [0.25, 0.3) is 0 Å². The van der Waals surface area contributed by atoms with E-state index < -0.39 is 0 Å². The molecule has 0 aliphatic carbocycles. The van der Waals surface area contributed by atoms with Crippen molar-refractivity contribution in [2.45, 2.75) is 26.2 Å². The van der Waals surface area contributed by atoms with Crippen molar-refractivity contribution in [1.29, 1.82) is 5.26 Å². The van der Waals surface area contributed by atoms with E-state index in [4.69, 9.17) is 11.0 Å². The van der Waals surface area contributed by atoms with Crippen LogP contribution in [0.4, 0.5) is 10.5 Å². The molecule has 1 fully saturated rings. The van der Waals surface area contributed by atoms with Crippen LogP contribution in [0.1, 0.15) is 30.9 Å². The minimum Gasteiger partial charge on any atom is -0.369 e. The van der Waals surface area contributed by atoms with Crippen LogP contribution in [0.15, 0.2) is 18.2 Å². The standard InChI is InChI=1S/C18H25N5O2/c1-2-14-10-13(11-19)5-6-16(14)22-18(25)21-7-9-23-8-3-4-15(12-23)17(20)24/h5-6,10,15H,2-4,7-9,12H2,1H3,(H2,20,24)(H2,21,22,25). The lowest BCUT2D eigenvalue weighted by molar-refractivity contribution is -0.123. The number of aryl methyl sites for hydroxylation is 1. The third kappa shape index (κ3) is 5.47. The predicted molar refractivity (Wildman–Crippen MR) is 95.9 cm³/mol. The van der Waals surface area contributed by atoms with Crippen LogP contribution in [0.3, 0.4) is 0 Å². The van der Waals surface area contributed by atoms with Gasteiger partial charge in [0.15, 0.2) is 0 Å². The monoisotopic (exact) mass is 343 g/mol. The van der Waals surface area contributed by atoms with Gasteiger partial charge in [-0.15, -0.1) is 0 Å². The Kier molecular flexibility index (Phi) is 6.78. The molecule has 134 valence electrons. The van der Waals surface area contributed by atoms with Crippen molar-refractivity contribution in [2.75, 3.05) is 31.5 Å². The third-order valence-electron chi connectivity index (χ3n) is 4.48. The summed E-state index contributed by atoms with van der Waals surface area (Å²) in [6.45, 7) is 4.74. The quantitative estimate of drug-likeness (QED) is 0.725. The number of carbonyl (C=O) groups excluding carboxylic acids is 2. The Morgan fingerprint density at radius 1 is 1.44 bits per heavy atom. The Balaban J connectivity index is 1.79. The van der Waals surface area contributed by atoms with Gasteiger partial charge < -0.3 is 21.3 Å². The number of benzene rings is 1. The van der Waals surface area contributed by atoms with Crippen LogP contribution in [0.25, 0.3) is 0 Å². The van der Waals surface area contributed by atoms with E-state index in [1.165, 1.54) is 0 Å². The van der Waals surface area contributed by atoms with Gasteiger partial charge in [-0.3, -0.25) is 4.79 Å². The summed E-state index contributed by atoms with van der Waals surface area (Å²) in [6, 6.07) is 7.04. The molecule has 7 heteroatoms. The molecule has 1 aliphatic heterocycles. The summed E-state index contributed by atoms with van der Waals surface area (Å²) in [5.74, 6) is -0.336. The largest absolute Gasteiger partial charge is 0.369 e. The number of nitrogens with two attached hydrogens (primary N) is 1. The van der Waals surface area contributed by atoms with Gasteiger partial charge in [-0.1, -0.05) is 6.92 Å². The number of hydrogen-bond donors (Lipinski definition) is 3. The van der Waals surface area contributed by atoms with Gasteiger partial charge in [0.2, 0.25) is 5.91 Å². The number of anilines is 1. The molecule has 0 aromatic heterocycles. The molecule has 0 saturated carbocycles. The number of nitriles is 1. The zero-order valence-corrected chi connectivity index (χ0v) is 14.5. The van der Waals surface area contributed by atoms with Gasteiger partial charge in [-0.05, 0) is 49.6 Å². The molecule has 0 spiro atoms. The molecule has 25 heavy (non-hydrogen) atoms. The Labute approximate surface area is 148 Å². The second kappa shape index (κ2) is 9.04. The lowest BCUT2D eigenvalue weighted by Gasteiger charge is -2.31. The highest BCUT2D eigenvalue weighted by molar-refractivity contribution is 5.90. The number of carbonyl (C=O) groups is 2. The highest BCUT2D eigenvalue weighted by atomic mass is 16.2. The van der Waals surface area contributed by atoms with Gasteiger partial charge >= 0.3 is 6.03 Å². The van der Waals surface area contributed by atoms with Crippen molar-refractivity contribution in [3.8, 4) is 6.07 Å². The molecule has 3 amide bonds. The molecule has 1 aromatic carbocycles. The number of hydrogen-bond acceptors (Lipinski definition) is 4. The number of likely N-dealkylation sites (tertiary alicyclic amines) is 1. The lowest BCUT2D eigenvalue weighted by atomic mass is 9.97. The van der Waals surface area contributed by atoms with Crippen molar-refractivity contribution in [3.63, 3.8) is 0 Å². The van der Waals surface area contributed by atoms with Crippen LogP contribution in [-0.2, 0) is 11.2 Å². The van der Waals surface area contributed by atoms with Crippen LogP contribution >= 0.6 is 0 Å². The van der Waals surface area contributed by atoms with Crippen molar-refractivity contribution in [3.05, 3.63) is 29.3 Å². The SMILES string of the molecule is CCc1cc(C#N)ccc1NC(=O)NCCN1CCCC(C(N)=O)C1. The minimum absolute atomic E-state index is 0.0895. The highest BCUT2D eigenvalue weighted by Gasteiger charge is 2.23. The molecule has 1 unspecified atom stereocenters. The van der Waals surface area contributed by atoms with Crippen molar-refractivity contribution < 1.29 is 9.59 Å². The first kappa shape index (κ1) is 18.7. The molecular formula is C18H25N5O2. The first-order valence-electron chi connectivity index (χ1n) is 8.63. The van der Waals surface area contributed by atoms with Gasteiger partial charge in [0, 0.05) is 25.3 Å². The van der Waals surface area contributed by atoms with Gasteiger partial charge in [-0.2, -0.15) is 5.26 Å². The Morgan fingerprint density at radius 2 is 2.24 bits per heavy atom. The summed E-state index contributed by atoms with van der Waals surface area (Å²) in [4.78, 5) is 25.5. The van der Waals surface area contributed by atoms with E-state index in [-0.39, 0.29) is 17.9 Å². The van der Waals surface area contributed by atoms with Crippen LogP contribution < -0.4 is 16.4 Å². The number of nitrogens with zero attached hydrogens (tertiary/aromatic N) is 2. The fraction of sp³-hybridized carbons (Fsp3) is 0.500. The topological polar surface area (TPSA) is 111 Å². The smallest absolute Gasteiger partial charge is 0.319 e. The first-order chi connectivity index (χ1) is 12.0. The van der Waals surface area contributed by atoms with E-state index in [2.05, 4.69) is 21.6 Å². The predicted octanol–water partition coefficient (Wildman–Crippen LogP) is 1.44. The van der Waals surface area contributed by atoms with E-state index in [9.17, 15) is 9.59 Å². The number of amides is 3. The lowest BCUT2D eigenvalue weighted by Crippen LogP contribution is -2.44. The number of urea groups is 1. The maximum atomic E-state index is 12.1. The van der Waals surface area contributed by atoms with E-state index in [0.29, 0.717) is 30.9 Å².